The van der Waals surface area contributed by atoms with Gasteiger partial charge in [-0.05, 0) is 55.8 Å². The summed E-state index contributed by atoms with van der Waals surface area (Å²) in [5.41, 5.74) is 0.715. The monoisotopic (exact) mass is 446 g/mol. The SMILES string of the molecule is Cc1cccc(NC(=O)c2ccccc2NC(=O)CN2C(=O)N[C@](C)(c3ccco3)C2=O)c1. The first-order valence-electron chi connectivity index (χ1n) is 10.2. The van der Waals surface area contributed by atoms with Crippen LogP contribution in [0, 0.1) is 6.92 Å². The molecule has 1 aromatic heterocycles. The Morgan fingerprint density at radius 3 is 2.55 bits per heavy atom. The number of nitrogens with zero attached hydrogens (tertiary/aromatic N) is 1. The molecule has 2 heterocycles. The Bertz CT molecular complexity index is 1240. The van der Waals surface area contributed by atoms with Crippen LogP contribution < -0.4 is 16.0 Å². The average Bonchev–Trinajstić information content (AvgIpc) is 3.39. The van der Waals surface area contributed by atoms with Gasteiger partial charge in [0.25, 0.3) is 11.8 Å². The normalized spacial score (nSPS) is 17.6. The van der Waals surface area contributed by atoms with Crippen LogP contribution in [0.4, 0.5) is 16.2 Å². The first-order valence-corrected chi connectivity index (χ1v) is 10.2. The largest absolute Gasteiger partial charge is 0.466 e. The van der Waals surface area contributed by atoms with Gasteiger partial charge >= 0.3 is 6.03 Å². The Kier molecular flexibility index (Phi) is 5.70. The van der Waals surface area contributed by atoms with Gasteiger partial charge in [0, 0.05) is 5.69 Å². The summed E-state index contributed by atoms with van der Waals surface area (Å²) in [6.45, 7) is 2.90. The topological polar surface area (TPSA) is 121 Å². The summed E-state index contributed by atoms with van der Waals surface area (Å²) >= 11 is 0. The van der Waals surface area contributed by atoms with Crippen molar-refractivity contribution in [3.8, 4) is 0 Å². The van der Waals surface area contributed by atoms with Gasteiger partial charge in [-0.3, -0.25) is 19.3 Å². The minimum absolute atomic E-state index is 0.241. The van der Waals surface area contributed by atoms with E-state index in [4.69, 9.17) is 4.42 Å². The maximum Gasteiger partial charge on any atom is 0.325 e. The molecule has 1 fully saturated rings. The highest BCUT2D eigenvalue weighted by molar-refractivity contribution is 6.12. The Morgan fingerprint density at radius 1 is 1.03 bits per heavy atom. The lowest BCUT2D eigenvalue weighted by molar-refractivity contribution is -0.134. The first kappa shape index (κ1) is 21.8. The average molecular weight is 446 g/mol. The highest BCUT2D eigenvalue weighted by Crippen LogP contribution is 2.29. The Morgan fingerprint density at radius 2 is 1.82 bits per heavy atom. The maximum absolute atomic E-state index is 12.9. The summed E-state index contributed by atoms with van der Waals surface area (Å²) < 4.78 is 5.28. The van der Waals surface area contributed by atoms with E-state index in [1.54, 1.807) is 42.5 Å². The van der Waals surface area contributed by atoms with Crippen LogP contribution in [0.2, 0.25) is 0 Å². The third-order valence-corrected chi connectivity index (χ3v) is 5.31. The summed E-state index contributed by atoms with van der Waals surface area (Å²) in [5.74, 6) is -1.38. The Balaban J connectivity index is 1.47. The van der Waals surface area contributed by atoms with Crippen molar-refractivity contribution in [1.82, 2.24) is 10.2 Å². The molecule has 3 N–H and O–H groups in total. The molecule has 9 heteroatoms. The molecular formula is C24H22N4O5. The predicted octanol–water partition coefficient (Wildman–Crippen LogP) is 3.25. The van der Waals surface area contributed by atoms with Crippen molar-refractivity contribution >= 4 is 35.1 Å². The lowest BCUT2D eigenvalue weighted by Crippen LogP contribution is -2.42. The second-order valence-electron chi connectivity index (χ2n) is 7.84. The second kappa shape index (κ2) is 8.62. The van der Waals surface area contributed by atoms with Crippen LogP contribution in [0.3, 0.4) is 0 Å². The van der Waals surface area contributed by atoms with Crippen LogP contribution in [0.15, 0.2) is 71.3 Å². The molecular weight excluding hydrogens is 424 g/mol. The molecule has 0 unspecified atom stereocenters. The van der Waals surface area contributed by atoms with Crippen molar-refractivity contribution < 1.29 is 23.6 Å². The van der Waals surface area contributed by atoms with Gasteiger partial charge in [-0.1, -0.05) is 24.3 Å². The van der Waals surface area contributed by atoms with Crippen molar-refractivity contribution in [1.29, 1.82) is 0 Å². The van der Waals surface area contributed by atoms with Crippen molar-refractivity contribution in [3.05, 3.63) is 83.8 Å². The van der Waals surface area contributed by atoms with Crippen LogP contribution in [0.1, 0.15) is 28.6 Å². The van der Waals surface area contributed by atoms with Gasteiger partial charge in [0.2, 0.25) is 5.91 Å². The van der Waals surface area contributed by atoms with Crippen molar-refractivity contribution in [2.75, 3.05) is 17.2 Å². The molecule has 0 saturated carbocycles. The third kappa shape index (κ3) is 4.33. The number of nitrogens with one attached hydrogen (secondary N) is 3. The first-order chi connectivity index (χ1) is 15.8. The number of hydrogen-bond acceptors (Lipinski definition) is 5. The number of aryl methyl sites for hydroxylation is 1. The van der Waals surface area contributed by atoms with E-state index < -0.39 is 35.8 Å². The number of carbonyl (C=O) groups is 4. The minimum atomic E-state index is -1.40. The Hall–Kier alpha value is -4.40. The lowest BCUT2D eigenvalue weighted by atomic mass is 9.99. The molecule has 5 amide bonds. The summed E-state index contributed by atoms with van der Waals surface area (Å²) in [6, 6.07) is 16.3. The molecule has 1 atom stereocenters. The van der Waals surface area contributed by atoms with Gasteiger partial charge in [-0.25, -0.2) is 4.79 Å². The number of benzene rings is 2. The number of hydrogen-bond donors (Lipinski definition) is 3. The number of carbonyl (C=O) groups excluding carboxylic acids is 4. The van der Waals surface area contributed by atoms with Crippen LogP contribution in [0.5, 0.6) is 0 Å². The third-order valence-electron chi connectivity index (χ3n) is 5.31. The minimum Gasteiger partial charge on any atom is -0.466 e. The molecule has 4 rings (SSSR count). The molecule has 2 aromatic carbocycles. The number of rotatable bonds is 6. The number of furan rings is 1. The fourth-order valence-corrected chi connectivity index (χ4v) is 3.62. The number of amides is 5. The molecule has 1 aliphatic rings. The van der Waals surface area contributed by atoms with E-state index >= 15 is 0 Å². The zero-order chi connectivity index (χ0) is 23.6. The van der Waals surface area contributed by atoms with Gasteiger partial charge in [0.05, 0.1) is 17.5 Å². The van der Waals surface area contributed by atoms with E-state index in [0.29, 0.717) is 5.69 Å². The zero-order valence-electron chi connectivity index (χ0n) is 18.0. The van der Waals surface area contributed by atoms with Gasteiger partial charge in [-0.2, -0.15) is 0 Å². The van der Waals surface area contributed by atoms with Crippen molar-refractivity contribution in [2.45, 2.75) is 19.4 Å². The second-order valence-corrected chi connectivity index (χ2v) is 7.84. The molecule has 0 aliphatic carbocycles. The summed E-state index contributed by atoms with van der Waals surface area (Å²) in [4.78, 5) is 51.6. The zero-order valence-corrected chi connectivity index (χ0v) is 18.0. The summed E-state index contributed by atoms with van der Waals surface area (Å²) in [6.07, 6.45) is 1.40. The van der Waals surface area contributed by atoms with E-state index in [9.17, 15) is 19.2 Å². The van der Waals surface area contributed by atoms with Gasteiger partial charge in [0.1, 0.15) is 12.3 Å². The number of anilines is 2. The van der Waals surface area contributed by atoms with E-state index in [2.05, 4.69) is 16.0 Å². The molecule has 168 valence electrons. The van der Waals surface area contributed by atoms with Crippen molar-refractivity contribution in [2.24, 2.45) is 0 Å². The van der Waals surface area contributed by atoms with Crippen molar-refractivity contribution in [3.63, 3.8) is 0 Å². The van der Waals surface area contributed by atoms with Crippen LogP contribution in [0.25, 0.3) is 0 Å². The smallest absolute Gasteiger partial charge is 0.325 e. The summed E-state index contributed by atoms with van der Waals surface area (Å²) in [5, 5.41) is 7.98. The van der Waals surface area contributed by atoms with Crippen LogP contribution in [-0.2, 0) is 15.1 Å². The van der Waals surface area contributed by atoms with Gasteiger partial charge in [0.15, 0.2) is 5.54 Å². The van der Waals surface area contributed by atoms with E-state index in [0.717, 1.165) is 10.5 Å². The predicted molar refractivity (Wildman–Crippen MR) is 121 cm³/mol. The fraction of sp³-hybridized carbons (Fsp3) is 0.167. The molecule has 33 heavy (non-hydrogen) atoms. The highest BCUT2D eigenvalue weighted by atomic mass is 16.3. The molecule has 0 spiro atoms. The Labute approximate surface area is 189 Å². The lowest BCUT2D eigenvalue weighted by Gasteiger charge is -2.19. The molecule has 0 bridgehead atoms. The molecule has 9 nitrogen and oxygen atoms in total. The number of imide groups is 1. The number of para-hydroxylation sites is 1. The van der Waals surface area contributed by atoms with Crippen LogP contribution >= 0.6 is 0 Å². The standard InChI is InChI=1S/C24H22N4O5/c1-15-7-5-8-16(13-15)25-21(30)17-9-3-4-10-18(17)26-20(29)14-28-22(31)24(2,27-23(28)32)19-11-6-12-33-19/h3-13H,14H2,1-2H3,(H,25,30)(H,26,29)(H,27,32)/t24-/m1/s1. The van der Waals surface area contributed by atoms with Gasteiger partial charge < -0.3 is 20.4 Å². The van der Waals surface area contributed by atoms with Gasteiger partial charge in [-0.15, -0.1) is 0 Å². The van der Waals surface area contributed by atoms with E-state index in [1.807, 2.05) is 25.1 Å². The summed E-state index contributed by atoms with van der Waals surface area (Å²) in [7, 11) is 0. The number of urea groups is 1. The molecule has 1 saturated heterocycles. The molecule has 3 aromatic rings. The van der Waals surface area contributed by atoms with E-state index in [1.165, 1.54) is 13.2 Å². The maximum atomic E-state index is 12.9. The molecule has 0 radical (unpaired) electrons. The van der Waals surface area contributed by atoms with Crippen LogP contribution in [-0.4, -0.2) is 35.2 Å². The van der Waals surface area contributed by atoms with E-state index in [-0.39, 0.29) is 17.0 Å². The highest BCUT2D eigenvalue weighted by Gasteiger charge is 2.51. The molecule has 1 aliphatic heterocycles. The quantitative estimate of drug-likeness (QED) is 0.502. The fourth-order valence-electron chi connectivity index (χ4n) is 3.62.